The molecule has 0 fully saturated rings. The van der Waals surface area contributed by atoms with Gasteiger partial charge in [0.25, 0.3) is 0 Å². The van der Waals surface area contributed by atoms with Crippen LogP contribution in [-0.2, 0) is 6.54 Å². The zero-order valence-electron chi connectivity index (χ0n) is 11.7. The van der Waals surface area contributed by atoms with Crippen molar-refractivity contribution in [1.29, 1.82) is 0 Å². The molecule has 3 heteroatoms. The van der Waals surface area contributed by atoms with Gasteiger partial charge >= 0.3 is 0 Å². The summed E-state index contributed by atoms with van der Waals surface area (Å²) in [6, 6.07) is 2.30. The predicted molar refractivity (Wildman–Crippen MR) is 77.9 cm³/mol. The monoisotopic (exact) mass is 254 g/mol. The number of nitrogens with zero attached hydrogens (tertiary/aromatic N) is 1. The number of aryl methyl sites for hydroxylation is 2. The summed E-state index contributed by atoms with van der Waals surface area (Å²) in [7, 11) is 0. The molecular formula is C14H26N2S. The Hall–Kier alpha value is -0.380. The Bertz CT molecular complexity index is 320. The zero-order chi connectivity index (χ0) is 12.7. The normalized spacial score (nSPS) is 11.4. The molecule has 0 saturated carbocycles. The second-order valence-electron chi connectivity index (χ2n) is 4.55. The van der Waals surface area contributed by atoms with Crippen LogP contribution in [0.3, 0.4) is 0 Å². The SMILES string of the molecule is CCCN(CC)CCNCc1cc(C)sc1C. The highest BCUT2D eigenvalue weighted by Crippen LogP contribution is 2.19. The summed E-state index contributed by atoms with van der Waals surface area (Å²) in [5, 5.41) is 3.54. The van der Waals surface area contributed by atoms with E-state index in [1.165, 1.54) is 28.3 Å². The van der Waals surface area contributed by atoms with Crippen molar-refractivity contribution < 1.29 is 0 Å². The van der Waals surface area contributed by atoms with E-state index in [2.05, 4.69) is 44.0 Å². The third-order valence-electron chi connectivity index (χ3n) is 3.05. The lowest BCUT2D eigenvalue weighted by Crippen LogP contribution is -2.32. The fraction of sp³-hybridized carbons (Fsp3) is 0.714. The minimum Gasteiger partial charge on any atom is -0.311 e. The molecule has 17 heavy (non-hydrogen) atoms. The molecule has 2 nitrogen and oxygen atoms in total. The van der Waals surface area contributed by atoms with Crippen LogP contribution in [0.2, 0.25) is 0 Å². The van der Waals surface area contributed by atoms with Crippen LogP contribution in [0.15, 0.2) is 6.07 Å². The summed E-state index contributed by atoms with van der Waals surface area (Å²) in [4.78, 5) is 5.37. The van der Waals surface area contributed by atoms with E-state index in [4.69, 9.17) is 0 Å². The van der Waals surface area contributed by atoms with Crippen LogP contribution in [-0.4, -0.2) is 31.1 Å². The highest BCUT2D eigenvalue weighted by atomic mass is 32.1. The quantitative estimate of drug-likeness (QED) is 0.717. The summed E-state index contributed by atoms with van der Waals surface area (Å²) in [6.45, 7) is 14.5. The molecule has 0 radical (unpaired) electrons. The molecule has 0 amide bonds. The van der Waals surface area contributed by atoms with Gasteiger partial charge in [0.2, 0.25) is 0 Å². The number of hydrogen-bond acceptors (Lipinski definition) is 3. The molecule has 1 heterocycles. The van der Waals surface area contributed by atoms with Crippen molar-refractivity contribution >= 4 is 11.3 Å². The Morgan fingerprint density at radius 3 is 2.53 bits per heavy atom. The molecule has 0 aliphatic heterocycles. The number of thiophene rings is 1. The Labute approximate surface area is 110 Å². The average Bonchev–Trinajstić information content (AvgIpc) is 2.62. The van der Waals surface area contributed by atoms with Crippen molar-refractivity contribution in [2.24, 2.45) is 0 Å². The van der Waals surface area contributed by atoms with Gasteiger partial charge in [-0.05, 0) is 45.0 Å². The third-order valence-corrected chi connectivity index (χ3v) is 4.06. The van der Waals surface area contributed by atoms with Crippen LogP contribution >= 0.6 is 11.3 Å². The van der Waals surface area contributed by atoms with Gasteiger partial charge in [-0.1, -0.05) is 13.8 Å². The van der Waals surface area contributed by atoms with Crippen LogP contribution in [0.25, 0.3) is 0 Å². The maximum atomic E-state index is 3.54. The Balaban J connectivity index is 2.21. The molecule has 1 aromatic rings. The van der Waals surface area contributed by atoms with E-state index >= 15 is 0 Å². The topological polar surface area (TPSA) is 15.3 Å². The van der Waals surface area contributed by atoms with Crippen molar-refractivity contribution in [3.05, 3.63) is 21.4 Å². The smallest absolute Gasteiger partial charge is 0.0217 e. The van der Waals surface area contributed by atoms with Gasteiger partial charge in [-0.3, -0.25) is 0 Å². The highest BCUT2D eigenvalue weighted by Gasteiger charge is 2.03. The van der Waals surface area contributed by atoms with Gasteiger partial charge in [0, 0.05) is 29.4 Å². The summed E-state index contributed by atoms with van der Waals surface area (Å²) < 4.78 is 0. The standard InChI is InChI=1S/C14H26N2S/c1-5-8-16(6-2)9-7-15-11-14-10-12(3)17-13(14)4/h10,15H,5-9,11H2,1-4H3. The molecule has 0 spiro atoms. The van der Waals surface area contributed by atoms with Gasteiger partial charge in [-0.15, -0.1) is 11.3 Å². The Kier molecular flexibility index (Phi) is 6.78. The van der Waals surface area contributed by atoms with Gasteiger partial charge < -0.3 is 10.2 Å². The van der Waals surface area contributed by atoms with E-state index < -0.39 is 0 Å². The van der Waals surface area contributed by atoms with Crippen molar-refractivity contribution in [2.75, 3.05) is 26.2 Å². The maximum absolute atomic E-state index is 3.54. The van der Waals surface area contributed by atoms with E-state index in [0.29, 0.717) is 0 Å². The minimum absolute atomic E-state index is 1.01. The first kappa shape index (κ1) is 14.7. The van der Waals surface area contributed by atoms with Gasteiger partial charge in [0.05, 0.1) is 0 Å². The largest absolute Gasteiger partial charge is 0.311 e. The van der Waals surface area contributed by atoms with Crippen LogP contribution in [0.4, 0.5) is 0 Å². The lowest BCUT2D eigenvalue weighted by molar-refractivity contribution is 0.287. The van der Waals surface area contributed by atoms with Gasteiger partial charge in [-0.25, -0.2) is 0 Å². The van der Waals surface area contributed by atoms with E-state index in [-0.39, 0.29) is 0 Å². The number of hydrogen-bond donors (Lipinski definition) is 1. The zero-order valence-corrected chi connectivity index (χ0v) is 12.5. The molecule has 1 N–H and O–H groups in total. The fourth-order valence-electron chi connectivity index (χ4n) is 2.06. The lowest BCUT2D eigenvalue weighted by Gasteiger charge is -2.19. The lowest BCUT2D eigenvalue weighted by atomic mass is 10.2. The average molecular weight is 254 g/mol. The van der Waals surface area contributed by atoms with E-state index in [0.717, 1.165) is 26.2 Å². The van der Waals surface area contributed by atoms with Crippen molar-refractivity contribution in [2.45, 2.75) is 40.7 Å². The number of likely N-dealkylation sites (N-methyl/N-ethyl adjacent to an activating group) is 1. The van der Waals surface area contributed by atoms with Crippen LogP contribution in [0, 0.1) is 13.8 Å². The fourth-order valence-corrected chi connectivity index (χ4v) is 3.01. The number of rotatable bonds is 8. The summed E-state index contributed by atoms with van der Waals surface area (Å²) >= 11 is 1.90. The summed E-state index contributed by atoms with van der Waals surface area (Å²) in [5.74, 6) is 0. The first-order chi connectivity index (χ1) is 8.17. The van der Waals surface area contributed by atoms with Crippen LogP contribution in [0.1, 0.15) is 35.6 Å². The molecular weight excluding hydrogens is 228 g/mol. The molecule has 0 aromatic carbocycles. The molecule has 1 aromatic heterocycles. The first-order valence-electron chi connectivity index (χ1n) is 6.66. The first-order valence-corrected chi connectivity index (χ1v) is 7.48. The van der Waals surface area contributed by atoms with Gasteiger partial charge in [-0.2, -0.15) is 0 Å². The van der Waals surface area contributed by atoms with Crippen molar-refractivity contribution in [3.63, 3.8) is 0 Å². The molecule has 0 aliphatic rings. The molecule has 0 bridgehead atoms. The van der Waals surface area contributed by atoms with E-state index in [9.17, 15) is 0 Å². The Morgan fingerprint density at radius 1 is 1.24 bits per heavy atom. The van der Waals surface area contributed by atoms with Crippen LogP contribution in [0.5, 0.6) is 0 Å². The predicted octanol–water partition coefficient (Wildman–Crippen LogP) is 3.19. The van der Waals surface area contributed by atoms with E-state index in [1.54, 1.807) is 0 Å². The molecule has 0 aliphatic carbocycles. The molecule has 98 valence electrons. The van der Waals surface area contributed by atoms with Crippen molar-refractivity contribution in [1.82, 2.24) is 10.2 Å². The van der Waals surface area contributed by atoms with Gasteiger partial charge in [0.15, 0.2) is 0 Å². The molecule has 0 saturated heterocycles. The third kappa shape index (κ3) is 5.19. The van der Waals surface area contributed by atoms with Crippen LogP contribution < -0.4 is 5.32 Å². The second kappa shape index (κ2) is 7.85. The molecule has 0 atom stereocenters. The second-order valence-corrected chi connectivity index (χ2v) is 6.01. The summed E-state index contributed by atoms with van der Waals surface area (Å²) in [5.41, 5.74) is 1.46. The molecule has 1 rings (SSSR count). The highest BCUT2D eigenvalue weighted by molar-refractivity contribution is 7.12. The van der Waals surface area contributed by atoms with E-state index in [1.807, 2.05) is 11.3 Å². The maximum Gasteiger partial charge on any atom is 0.0217 e. The van der Waals surface area contributed by atoms with Gasteiger partial charge in [0.1, 0.15) is 0 Å². The number of nitrogens with one attached hydrogen (secondary N) is 1. The Morgan fingerprint density at radius 2 is 2.00 bits per heavy atom. The van der Waals surface area contributed by atoms with Crippen molar-refractivity contribution in [3.8, 4) is 0 Å². The summed E-state index contributed by atoms with van der Waals surface area (Å²) in [6.07, 6.45) is 1.25. The molecule has 0 unspecified atom stereocenters. The minimum atomic E-state index is 1.01.